The third-order valence-electron chi connectivity index (χ3n) is 6.54. The van der Waals surface area contributed by atoms with Crippen LogP contribution in [0.1, 0.15) is 10.4 Å². The number of phenolic OH excluding ortho intramolecular Hbond substituents is 1. The van der Waals surface area contributed by atoms with Crippen molar-refractivity contribution < 1.29 is 57.6 Å². The van der Waals surface area contributed by atoms with Crippen molar-refractivity contribution in [1.82, 2.24) is 9.97 Å². The average Bonchev–Trinajstić information content (AvgIpc) is 3.01. The number of anilines is 3. The van der Waals surface area contributed by atoms with E-state index in [0.717, 1.165) is 12.1 Å². The molecule has 1 aromatic heterocycles. The van der Waals surface area contributed by atoms with Crippen LogP contribution in [-0.2, 0) is 30.4 Å². The third-order valence-corrected chi connectivity index (χ3v) is 9.48. The number of halogens is 3. The van der Waals surface area contributed by atoms with E-state index in [2.05, 4.69) is 30.8 Å². The molecular formula is C27H17ClF2N6O11S3. The number of nitrogens with one attached hydrogen (secondary N) is 2. The quantitative estimate of drug-likeness (QED) is 0.0473. The third kappa shape index (κ3) is 7.65. The van der Waals surface area contributed by atoms with Gasteiger partial charge in [-0.1, -0.05) is 23.7 Å². The molecule has 17 nitrogen and oxygen atoms in total. The molecular weight excluding hydrogens is 754 g/mol. The van der Waals surface area contributed by atoms with Gasteiger partial charge in [0, 0.05) is 16.6 Å². The number of aromatic nitrogens is 2. The fourth-order valence-electron chi connectivity index (χ4n) is 4.38. The van der Waals surface area contributed by atoms with E-state index in [1.54, 1.807) is 0 Å². The topological polar surface area (TPSA) is 275 Å². The van der Waals surface area contributed by atoms with E-state index >= 15 is 0 Å². The molecule has 6 N–H and O–H groups in total. The highest BCUT2D eigenvalue weighted by molar-refractivity contribution is 7.86. The van der Waals surface area contributed by atoms with E-state index in [-0.39, 0.29) is 11.3 Å². The standard InChI is InChI=1S/C27H17ClF2N6O11S3/c28-21-24(29)33-27(30)34-25(21)31-14-7-5-12(6-8-14)26(38)32-17-11-15(48(39,40)41)9-13-10-19(50(45,46)47)22(23(37)20(13)17)36-35-16-3-1-2-4-18(16)49(42,43)44/h1-11,37H,(H,32,38)(H,31,33,34)(H,39,40,41)(H,42,43,44)(H,45,46,47). The Bertz CT molecular complexity index is 2590. The molecule has 4 aromatic carbocycles. The second-order valence-electron chi connectivity index (χ2n) is 9.84. The lowest BCUT2D eigenvalue weighted by molar-refractivity contribution is 0.102. The lowest BCUT2D eigenvalue weighted by Crippen LogP contribution is -2.13. The van der Waals surface area contributed by atoms with Crippen molar-refractivity contribution in [3.63, 3.8) is 0 Å². The van der Waals surface area contributed by atoms with Crippen LogP contribution in [0.25, 0.3) is 10.8 Å². The maximum Gasteiger partial charge on any atom is 0.313 e. The molecule has 0 aliphatic heterocycles. The van der Waals surface area contributed by atoms with Gasteiger partial charge in [0.25, 0.3) is 36.3 Å². The van der Waals surface area contributed by atoms with Gasteiger partial charge in [0.2, 0.25) is 5.95 Å². The maximum absolute atomic E-state index is 13.7. The molecule has 0 saturated carbocycles. The highest BCUT2D eigenvalue weighted by Crippen LogP contribution is 2.45. The van der Waals surface area contributed by atoms with Crippen molar-refractivity contribution in [1.29, 1.82) is 0 Å². The molecule has 0 unspecified atom stereocenters. The van der Waals surface area contributed by atoms with Crippen LogP contribution in [0.5, 0.6) is 5.75 Å². The molecule has 50 heavy (non-hydrogen) atoms. The Balaban J connectivity index is 1.61. The fourth-order valence-corrected chi connectivity index (χ4v) is 6.33. The summed E-state index contributed by atoms with van der Waals surface area (Å²) in [5.41, 5.74) is -2.08. The predicted molar refractivity (Wildman–Crippen MR) is 170 cm³/mol. The van der Waals surface area contributed by atoms with Crippen LogP contribution in [0.15, 0.2) is 91.6 Å². The van der Waals surface area contributed by atoms with Gasteiger partial charge in [-0.15, -0.1) is 10.2 Å². The highest BCUT2D eigenvalue weighted by atomic mass is 35.5. The van der Waals surface area contributed by atoms with Gasteiger partial charge in [0.1, 0.15) is 26.2 Å². The Morgan fingerprint density at radius 2 is 1.44 bits per heavy atom. The summed E-state index contributed by atoms with van der Waals surface area (Å²) in [7, 11) is -15.2. The SMILES string of the molecule is O=C(Nc1cc(S(=O)(=O)O)cc2cc(S(=O)(=O)O)c(N=Nc3ccccc3S(=O)(=O)O)c(O)c12)c1ccc(Nc2nc(F)nc(F)c2Cl)cc1. The number of phenols is 1. The zero-order valence-electron chi connectivity index (χ0n) is 24.1. The first-order valence-electron chi connectivity index (χ1n) is 13.1. The van der Waals surface area contributed by atoms with E-state index in [9.17, 15) is 57.6 Å². The molecule has 0 fully saturated rings. The van der Waals surface area contributed by atoms with E-state index < -0.39 is 107 Å². The number of carbonyl (C=O) groups excluding carboxylic acids is 1. The first kappa shape index (κ1) is 36.1. The Morgan fingerprint density at radius 1 is 0.800 bits per heavy atom. The predicted octanol–water partition coefficient (Wildman–Crippen LogP) is 5.42. The normalized spacial score (nSPS) is 12.4. The maximum atomic E-state index is 13.7. The second-order valence-corrected chi connectivity index (χ2v) is 14.4. The van der Waals surface area contributed by atoms with Crippen molar-refractivity contribution in [3.05, 3.63) is 89.3 Å². The number of hydrogen-bond acceptors (Lipinski definition) is 13. The van der Waals surface area contributed by atoms with Gasteiger partial charge in [0.05, 0.1) is 10.6 Å². The number of fused-ring (bicyclic) bond motifs is 1. The number of nitrogens with zero attached hydrogens (tertiary/aromatic N) is 4. The largest absolute Gasteiger partial charge is 0.505 e. The average molecular weight is 771 g/mol. The van der Waals surface area contributed by atoms with Crippen LogP contribution in [0.3, 0.4) is 0 Å². The lowest BCUT2D eigenvalue weighted by atomic mass is 10.1. The summed E-state index contributed by atoms with van der Waals surface area (Å²) < 4.78 is 129. The Kier molecular flexibility index (Phi) is 9.55. The summed E-state index contributed by atoms with van der Waals surface area (Å²) in [5, 5.41) is 21.7. The number of benzene rings is 4. The van der Waals surface area contributed by atoms with E-state index in [1.807, 2.05) is 0 Å². The Hall–Kier alpha value is -5.23. The van der Waals surface area contributed by atoms with Crippen molar-refractivity contribution >= 4 is 87.2 Å². The van der Waals surface area contributed by atoms with Crippen LogP contribution >= 0.6 is 11.6 Å². The van der Waals surface area contributed by atoms with Crippen molar-refractivity contribution in [2.75, 3.05) is 10.6 Å². The summed E-state index contributed by atoms with van der Waals surface area (Å²) >= 11 is 5.75. The van der Waals surface area contributed by atoms with Crippen molar-refractivity contribution in [2.45, 2.75) is 14.7 Å². The highest BCUT2D eigenvalue weighted by Gasteiger charge is 2.26. The molecule has 260 valence electrons. The first-order valence-corrected chi connectivity index (χ1v) is 17.8. The lowest BCUT2D eigenvalue weighted by Gasteiger charge is -2.15. The van der Waals surface area contributed by atoms with Gasteiger partial charge in [-0.25, -0.2) is 0 Å². The minimum absolute atomic E-state index is 0.136. The zero-order chi connectivity index (χ0) is 36.8. The van der Waals surface area contributed by atoms with Crippen molar-refractivity contribution in [2.24, 2.45) is 10.2 Å². The molecule has 0 atom stereocenters. The minimum Gasteiger partial charge on any atom is -0.505 e. The van der Waals surface area contributed by atoms with Gasteiger partial charge in [-0.05, 0) is 60.0 Å². The van der Waals surface area contributed by atoms with Crippen LogP contribution in [0, 0.1) is 12.0 Å². The van der Waals surface area contributed by atoms with Gasteiger partial charge in [-0.2, -0.15) is 44.0 Å². The van der Waals surface area contributed by atoms with Crippen LogP contribution in [0.2, 0.25) is 5.02 Å². The molecule has 1 heterocycles. The molecule has 5 aromatic rings. The Morgan fingerprint density at radius 3 is 2.06 bits per heavy atom. The van der Waals surface area contributed by atoms with Gasteiger partial charge in [-0.3, -0.25) is 18.5 Å². The van der Waals surface area contributed by atoms with Crippen LogP contribution < -0.4 is 10.6 Å². The number of azo groups is 1. The summed E-state index contributed by atoms with van der Waals surface area (Å²) in [6.07, 6.45) is -1.41. The summed E-state index contributed by atoms with van der Waals surface area (Å²) in [5.74, 6) is -3.87. The molecule has 0 saturated heterocycles. The number of rotatable bonds is 9. The molecule has 1 amide bonds. The van der Waals surface area contributed by atoms with Crippen LogP contribution in [-0.4, -0.2) is 59.9 Å². The van der Waals surface area contributed by atoms with Crippen molar-refractivity contribution in [3.8, 4) is 5.75 Å². The smallest absolute Gasteiger partial charge is 0.313 e. The summed E-state index contributed by atoms with van der Waals surface area (Å²) in [6, 6.07) is 11.4. The molecule has 0 spiro atoms. The molecule has 0 aliphatic rings. The van der Waals surface area contributed by atoms with Gasteiger partial charge < -0.3 is 15.7 Å². The van der Waals surface area contributed by atoms with Crippen LogP contribution in [0.4, 0.5) is 37.3 Å². The number of amides is 1. The Labute approximate surface area is 284 Å². The van der Waals surface area contributed by atoms with Gasteiger partial charge in [0.15, 0.2) is 11.6 Å². The number of hydrogen-bond donors (Lipinski definition) is 6. The van der Waals surface area contributed by atoms with E-state index in [1.165, 1.54) is 36.4 Å². The number of aromatic hydroxyl groups is 1. The molecule has 0 radical (unpaired) electrons. The molecule has 5 rings (SSSR count). The molecule has 0 bridgehead atoms. The van der Waals surface area contributed by atoms with Gasteiger partial charge >= 0.3 is 6.08 Å². The molecule has 0 aliphatic carbocycles. The fraction of sp³-hybridized carbons (Fsp3) is 0. The minimum atomic E-state index is -5.30. The monoisotopic (exact) mass is 770 g/mol. The van der Waals surface area contributed by atoms with E-state index in [4.69, 9.17) is 11.6 Å². The number of carbonyl (C=O) groups is 1. The molecule has 23 heteroatoms. The summed E-state index contributed by atoms with van der Waals surface area (Å²) in [6.45, 7) is 0. The second kappa shape index (κ2) is 13.2. The zero-order valence-corrected chi connectivity index (χ0v) is 27.4. The summed E-state index contributed by atoms with van der Waals surface area (Å²) in [4.78, 5) is 16.6. The van der Waals surface area contributed by atoms with E-state index in [0.29, 0.717) is 18.2 Å². The first-order chi connectivity index (χ1) is 23.2.